The zero-order valence-corrected chi connectivity index (χ0v) is 15.7. The Bertz CT molecular complexity index is 431. The SMILES string of the molecule is CC(CN=C(N)NCCc1ccccn1)CN1CCCC1.I. The Morgan fingerprint density at radius 3 is 2.86 bits per heavy atom. The summed E-state index contributed by atoms with van der Waals surface area (Å²) in [5.74, 6) is 1.10. The predicted molar refractivity (Wildman–Crippen MR) is 103 cm³/mol. The summed E-state index contributed by atoms with van der Waals surface area (Å²) in [6.45, 7) is 7.41. The number of rotatable bonds is 7. The predicted octanol–water partition coefficient (Wildman–Crippen LogP) is 1.88. The largest absolute Gasteiger partial charge is 0.370 e. The number of guanidine groups is 1. The zero-order chi connectivity index (χ0) is 14.9. The van der Waals surface area contributed by atoms with Gasteiger partial charge in [-0.2, -0.15) is 0 Å². The number of nitrogens with one attached hydrogen (secondary N) is 1. The van der Waals surface area contributed by atoms with Crippen molar-refractivity contribution < 1.29 is 0 Å². The molecule has 0 amide bonds. The highest BCUT2D eigenvalue weighted by Crippen LogP contribution is 2.10. The van der Waals surface area contributed by atoms with Crippen LogP contribution in [0.3, 0.4) is 0 Å². The second-order valence-corrected chi connectivity index (χ2v) is 5.84. The minimum absolute atomic E-state index is 0. The Balaban J connectivity index is 0.00000242. The van der Waals surface area contributed by atoms with Crippen molar-refractivity contribution >= 4 is 29.9 Å². The van der Waals surface area contributed by atoms with Gasteiger partial charge in [0, 0.05) is 37.9 Å². The van der Waals surface area contributed by atoms with E-state index in [0.29, 0.717) is 11.9 Å². The highest BCUT2D eigenvalue weighted by atomic mass is 127. The summed E-state index contributed by atoms with van der Waals surface area (Å²) < 4.78 is 0. The van der Waals surface area contributed by atoms with E-state index in [4.69, 9.17) is 5.73 Å². The van der Waals surface area contributed by atoms with Crippen LogP contribution in [-0.2, 0) is 6.42 Å². The lowest BCUT2D eigenvalue weighted by atomic mass is 10.2. The van der Waals surface area contributed by atoms with Gasteiger partial charge in [0.05, 0.1) is 0 Å². The lowest BCUT2D eigenvalue weighted by molar-refractivity contribution is 0.291. The Morgan fingerprint density at radius 2 is 2.18 bits per heavy atom. The number of aliphatic imine (C=N–C) groups is 1. The average Bonchev–Trinajstić information content (AvgIpc) is 2.99. The maximum absolute atomic E-state index is 5.90. The summed E-state index contributed by atoms with van der Waals surface area (Å²) in [6.07, 6.45) is 5.35. The second-order valence-electron chi connectivity index (χ2n) is 5.84. The lowest BCUT2D eigenvalue weighted by Crippen LogP contribution is -2.34. The van der Waals surface area contributed by atoms with Gasteiger partial charge in [-0.3, -0.25) is 9.98 Å². The van der Waals surface area contributed by atoms with E-state index >= 15 is 0 Å². The molecule has 0 radical (unpaired) electrons. The maximum atomic E-state index is 5.90. The molecule has 5 nitrogen and oxygen atoms in total. The summed E-state index contributed by atoms with van der Waals surface area (Å²) >= 11 is 0. The lowest BCUT2D eigenvalue weighted by Gasteiger charge is -2.18. The number of likely N-dealkylation sites (tertiary alicyclic amines) is 1. The molecule has 1 aliphatic heterocycles. The van der Waals surface area contributed by atoms with Gasteiger partial charge in [-0.25, -0.2) is 0 Å². The molecule has 1 atom stereocenters. The molecule has 124 valence electrons. The molecule has 1 aromatic rings. The standard InChI is InChI=1S/C16H27N5.HI/c1-14(13-21-10-4-5-11-21)12-20-16(17)19-9-7-15-6-2-3-8-18-15;/h2-3,6,8,14H,4-5,7,9-13H2,1H3,(H3,17,19,20);1H. The van der Waals surface area contributed by atoms with Crippen molar-refractivity contribution in [3.63, 3.8) is 0 Å². The van der Waals surface area contributed by atoms with Gasteiger partial charge in [0.25, 0.3) is 0 Å². The van der Waals surface area contributed by atoms with E-state index in [-0.39, 0.29) is 24.0 Å². The van der Waals surface area contributed by atoms with Crippen LogP contribution >= 0.6 is 24.0 Å². The van der Waals surface area contributed by atoms with Gasteiger partial charge in [-0.1, -0.05) is 13.0 Å². The normalized spacial score (nSPS) is 17.0. The van der Waals surface area contributed by atoms with Gasteiger partial charge >= 0.3 is 0 Å². The van der Waals surface area contributed by atoms with E-state index in [1.165, 1.54) is 25.9 Å². The number of nitrogens with two attached hydrogens (primary N) is 1. The van der Waals surface area contributed by atoms with E-state index in [2.05, 4.69) is 27.1 Å². The fourth-order valence-electron chi connectivity index (χ4n) is 2.64. The summed E-state index contributed by atoms with van der Waals surface area (Å²) in [5, 5.41) is 3.15. The van der Waals surface area contributed by atoms with Crippen molar-refractivity contribution in [2.75, 3.05) is 32.7 Å². The van der Waals surface area contributed by atoms with Crippen LogP contribution < -0.4 is 11.1 Å². The third-order valence-electron chi connectivity index (χ3n) is 3.76. The molecule has 1 aromatic heterocycles. The number of aromatic nitrogens is 1. The van der Waals surface area contributed by atoms with Crippen LogP contribution in [0, 0.1) is 5.92 Å². The van der Waals surface area contributed by atoms with Crippen LogP contribution in [0.1, 0.15) is 25.5 Å². The summed E-state index contributed by atoms with van der Waals surface area (Å²) in [7, 11) is 0. The summed E-state index contributed by atoms with van der Waals surface area (Å²) in [4.78, 5) is 11.2. The van der Waals surface area contributed by atoms with Gasteiger partial charge in [-0.15, -0.1) is 24.0 Å². The van der Waals surface area contributed by atoms with E-state index in [1.807, 2.05) is 24.4 Å². The van der Waals surface area contributed by atoms with Crippen molar-refractivity contribution in [2.24, 2.45) is 16.6 Å². The molecule has 2 rings (SSSR count). The smallest absolute Gasteiger partial charge is 0.188 e. The first-order chi connectivity index (χ1) is 10.2. The van der Waals surface area contributed by atoms with Gasteiger partial charge < -0.3 is 16.0 Å². The molecule has 1 saturated heterocycles. The molecule has 0 aliphatic carbocycles. The van der Waals surface area contributed by atoms with Crippen molar-refractivity contribution in [3.8, 4) is 0 Å². The first-order valence-corrected chi connectivity index (χ1v) is 7.90. The quantitative estimate of drug-likeness (QED) is 0.404. The third-order valence-corrected chi connectivity index (χ3v) is 3.76. The van der Waals surface area contributed by atoms with Crippen LogP contribution in [0.15, 0.2) is 29.4 Å². The fourth-order valence-corrected chi connectivity index (χ4v) is 2.64. The van der Waals surface area contributed by atoms with E-state index in [9.17, 15) is 0 Å². The van der Waals surface area contributed by atoms with Gasteiger partial charge in [0.1, 0.15) is 0 Å². The average molecular weight is 417 g/mol. The molecule has 1 aliphatic rings. The van der Waals surface area contributed by atoms with Crippen molar-refractivity contribution in [2.45, 2.75) is 26.2 Å². The molecule has 1 fully saturated rings. The minimum Gasteiger partial charge on any atom is -0.370 e. The molecule has 22 heavy (non-hydrogen) atoms. The molecule has 0 spiro atoms. The molecule has 0 saturated carbocycles. The second kappa shape index (κ2) is 10.8. The van der Waals surface area contributed by atoms with Gasteiger partial charge in [0.2, 0.25) is 0 Å². The van der Waals surface area contributed by atoms with Gasteiger partial charge in [0.15, 0.2) is 5.96 Å². The Hall–Kier alpha value is -0.890. The Labute approximate surface area is 150 Å². The Kier molecular flexibility index (Phi) is 9.38. The summed E-state index contributed by atoms with van der Waals surface area (Å²) in [6, 6.07) is 5.95. The molecule has 0 aromatic carbocycles. The topological polar surface area (TPSA) is 66.5 Å². The van der Waals surface area contributed by atoms with E-state index in [1.54, 1.807) is 0 Å². The molecule has 6 heteroatoms. The van der Waals surface area contributed by atoms with Crippen LogP contribution in [0.25, 0.3) is 0 Å². The minimum atomic E-state index is 0. The molecule has 2 heterocycles. The first-order valence-electron chi connectivity index (χ1n) is 7.90. The molecular weight excluding hydrogens is 389 g/mol. The Morgan fingerprint density at radius 1 is 1.41 bits per heavy atom. The van der Waals surface area contributed by atoms with Crippen molar-refractivity contribution in [1.29, 1.82) is 0 Å². The molecular formula is C16H28IN5. The van der Waals surface area contributed by atoms with Crippen LogP contribution in [0.2, 0.25) is 0 Å². The number of hydrogen-bond donors (Lipinski definition) is 2. The molecule has 3 N–H and O–H groups in total. The highest BCUT2D eigenvalue weighted by molar-refractivity contribution is 14.0. The van der Waals surface area contributed by atoms with Crippen LogP contribution in [0.4, 0.5) is 0 Å². The monoisotopic (exact) mass is 417 g/mol. The maximum Gasteiger partial charge on any atom is 0.188 e. The van der Waals surface area contributed by atoms with Gasteiger partial charge in [-0.05, 0) is 44.0 Å². The molecule has 1 unspecified atom stereocenters. The summed E-state index contributed by atoms with van der Waals surface area (Å²) in [5.41, 5.74) is 6.97. The first kappa shape index (κ1) is 19.2. The third kappa shape index (κ3) is 7.40. The number of nitrogens with zero attached hydrogens (tertiary/aromatic N) is 3. The van der Waals surface area contributed by atoms with Crippen LogP contribution in [0.5, 0.6) is 0 Å². The van der Waals surface area contributed by atoms with E-state index < -0.39 is 0 Å². The number of halogens is 1. The zero-order valence-electron chi connectivity index (χ0n) is 13.4. The number of pyridine rings is 1. The highest BCUT2D eigenvalue weighted by Gasteiger charge is 2.14. The van der Waals surface area contributed by atoms with Crippen LogP contribution in [-0.4, -0.2) is 48.6 Å². The van der Waals surface area contributed by atoms with Crippen molar-refractivity contribution in [1.82, 2.24) is 15.2 Å². The molecule has 0 bridgehead atoms. The van der Waals surface area contributed by atoms with Crippen molar-refractivity contribution in [3.05, 3.63) is 30.1 Å². The number of hydrogen-bond acceptors (Lipinski definition) is 3. The fraction of sp³-hybridized carbons (Fsp3) is 0.625. The van der Waals surface area contributed by atoms with E-state index in [0.717, 1.165) is 31.7 Å².